The van der Waals surface area contributed by atoms with Crippen molar-refractivity contribution in [3.63, 3.8) is 0 Å². The third kappa shape index (κ3) is 5.46. The van der Waals surface area contributed by atoms with Crippen LogP contribution in [0.3, 0.4) is 0 Å². The van der Waals surface area contributed by atoms with Gasteiger partial charge in [-0.15, -0.1) is 6.42 Å². The van der Waals surface area contributed by atoms with Gasteiger partial charge in [0.15, 0.2) is 4.80 Å². The van der Waals surface area contributed by atoms with Gasteiger partial charge in [0.25, 0.3) is 5.56 Å². The van der Waals surface area contributed by atoms with Gasteiger partial charge in [-0.3, -0.25) is 9.36 Å². The summed E-state index contributed by atoms with van der Waals surface area (Å²) in [6.07, 6.45) is 8.53. The van der Waals surface area contributed by atoms with Crippen LogP contribution in [0.2, 0.25) is 5.02 Å². The van der Waals surface area contributed by atoms with Crippen LogP contribution in [0.1, 0.15) is 43.9 Å². The number of benzene rings is 3. The molecule has 214 valence electrons. The summed E-state index contributed by atoms with van der Waals surface area (Å²) in [5, 5.41) is 2.34. The molecule has 42 heavy (non-hydrogen) atoms. The minimum atomic E-state index is -0.859. The maximum Gasteiger partial charge on any atom is 0.338 e. The van der Waals surface area contributed by atoms with E-state index in [2.05, 4.69) is 5.92 Å². The molecule has 1 atom stereocenters. The number of allylic oxidation sites excluding steroid dienone is 1. The second-order valence-corrected chi connectivity index (χ2v) is 10.9. The standard InChI is InChI=1S/C33H29ClN2O5S/c1-5-10-25-29(32(38)40-7-3)30(24-18-21(34)14-16-26(24)39-4)36-31(37)28(42-33(36)35-25)19-23-22-12-9-8-11-20(22)13-15-27(23)41-17-6-2/h2,8-9,11-16,18-19,30H,5,7,10,17H2,1,3-4H3/b28-19+/t30-/m1/s1. The maximum absolute atomic E-state index is 14.3. The third-order valence-corrected chi connectivity index (χ3v) is 8.11. The fourth-order valence-electron chi connectivity index (χ4n) is 5.13. The first-order valence-corrected chi connectivity index (χ1v) is 14.7. The number of carbonyl (C=O) groups excluding carboxylic acids is 1. The van der Waals surface area contributed by atoms with Crippen LogP contribution in [0.15, 0.2) is 75.7 Å². The lowest BCUT2D eigenvalue weighted by Crippen LogP contribution is -2.40. The number of hydrogen-bond acceptors (Lipinski definition) is 7. The van der Waals surface area contributed by atoms with E-state index >= 15 is 0 Å². The summed E-state index contributed by atoms with van der Waals surface area (Å²) in [5.41, 5.74) is 1.83. The predicted octanol–water partition coefficient (Wildman–Crippen LogP) is 5.41. The van der Waals surface area contributed by atoms with Crippen molar-refractivity contribution in [2.75, 3.05) is 20.3 Å². The highest BCUT2D eigenvalue weighted by atomic mass is 35.5. The van der Waals surface area contributed by atoms with E-state index in [9.17, 15) is 9.59 Å². The van der Waals surface area contributed by atoms with Crippen LogP contribution in [-0.4, -0.2) is 30.9 Å². The molecule has 5 rings (SSSR count). The molecule has 1 aliphatic rings. The number of carbonyl (C=O) groups is 1. The largest absolute Gasteiger partial charge is 0.496 e. The number of hydrogen-bond donors (Lipinski definition) is 0. The van der Waals surface area contributed by atoms with Crippen LogP contribution in [0, 0.1) is 12.3 Å². The van der Waals surface area contributed by atoms with Crippen LogP contribution in [-0.2, 0) is 9.53 Å². The van der Waals surface area contributed by atoms with Crippen molar-refractivity contribution in [2.24, 2.45) is 4.99 Å². The van der Waals surface area contributed by atoms with E-state index in [1.165, 1.54) is 23.0 Å². The molecule has 0 unspecified atom stereocenters. The molecule has 0 fully saturated rings. The Morgan fingerprint density at radius 1 is 1.17 bits per heavy atom. The second-order valence-electron chi connectivity index (χ2n) is 9.49. The third-order valence-electron chi connectivity index (χ3n) is 6.90. The number of rotatable bonds is 9. The van der Waals surface area contributed by atoms with Gasteiger partial charge in [-0.2, -0.15) is 0 Å². The van der Waals surface area contributed by atoms with Gasteiger partial charge in [0, 0.05) is 16.1 Å². The van der Waals surface area contributed by atoms with E-state index in [4.69, 9.17) is 37.2 Å². The number of nitrogens with zero attached hydrogens (tertiary/aromatic N) is 2. The molecule has 0 radical (unpaired) electrons. The number of esters is 1. The SMILES string of the molecule is C#CCOc1ccc2ccccc2c1/C=c1/sc2n(c1=O)[C@H](c1cc(Cl)ccc1OC)C(C(=O)OCC)=C(CCC)N=2. The molecule has 0 amide bonds. The Kier molecular flexibility index (Phi) is 8.81. The molecule has 2 heterocycles. The Morgan fingerprint density at radius 2 is 1.95 bits per heavy atom. The summed E-state index contributed by atoms with van der Waals surface area (Å²) in [4.78, 5) is 33.1. The van der Waals surface area contributed by atoms with Crippen molar-refractivity contribution in [1.82, 2.24) is 4.57 Å². The average Bonchev–Trinajstić information content (AvgIpc) is 3.30. The first kappa shape index (κ1) is 29.2. The summed E-state index contributed by atoms with van der Waals surface area (Å²) < 4.78 is 19.0. The molecule has 0 saturated heterocycles. The fraction of sp³-hybridized carbons (Fsp3) is 0.242. The quantitative estimate of drug-likeness (QED) is 0.190. The zero-order valence-electron chi connectivity index (χ0n) is 23.5. The molecule has 7 nitrogen and oxygen atoms in total. The Balaban J connectivity index is 1.84. The number of thiazole rings is 1. The summed E-state index contributed by atoms with van der Waals surface area (Å²) in [6, 6.07) is 15.9. The minimum absolute atomic E-state index is 0.0816. The molecule has 0 bridgehead atoms. The summed E-state index contributed by atoms with van der Waals surface area (Å²) >= 11 is 7.69. The highest BCUT2D eigenvalue weighted by Gasteiger charge is 2.36. The molecule has 0 aliphatic carbocycles. The summed E-state index contributed by atoms with van der Waals surface area (Å²) in [7, 11) is 1.54. The smallest absolute Gasteiger partial charge is 0.338 e. The number of terminal acetylenes is 1. The summed E-state index contributed by atoms with van der Waals surface area (Å²) in [5.74, 6) is 3.01. The molecule has 3 aromatic carbocycles. The maximum atomic E-state index is 14.3. The van der Waals surface area contributed by atoms with Crippen molar-refractivity contribution in [1.29, 1.82) is 0 Å². The van der Waals surface area contributed by atoms with Crippen LogP contribution in [0.25, 0.3) is 16.8 Å². The van der Waals surface area contributed by atoms with Crippen molar-refractivity contribution in [2.45, 2.75) is 32.7 Å². The van der Waals surface area contributed by atoms with E-state index in [0.717, 1.165) is 22.8 Å². The van der Waals surface area contributed by atoms with Gasteiger partial charge in [-0.25, -0.2) is 9.79 Å². The zero-order valence-corrected chi connectivity index (χ0v) is 25.1. The van der Waals surface area contributed by atoms with Crippen LogP contribution >= 0.6 is 22.9 Å². The first-order valence-electron chi connectivity index (χ1n) is 13.5. The Hall–Kier alpha value is -4.32. The normalized spacial score (nSPS) is 14.7. The average molecular weight is 601 g/mol. The van der Waals surface area contributed by atoms with Gasteiger partial charge in [0.2, 0.25) is 0 Å². The van der Waals surface area contributed by atoms with Crippen molar-refractivity contribution < 1.29 is 19.0 Å². The molecular formula is C33H29ClN2O5S. The Bertz CT molecular complexity index is 1930. The van der Waals surface area contributed by atoms with Crippen LogP contribution in [0.5, 0.6) is 11.5 Å². The number of fused-ring (bicyclic) bond motifs is 2. The van der Waals surface area contributed by atoms with Crippen LogP contribution < -0.4 is 24.4 Å². The lowest BCUT2D eigenvalue weighted by atomic mass is 9.93. The minimum Gasteiger partial charge on any atom is -0.496 e. The van der Waals surface area contributed by atoms with Crippen molar-refractivity contribution in [3.05, 3.63) is 102 Å². The van der Waals surface area contributed by atoms with E-state index in [1.54, 1.807) is 31.2 Å². The molecule has 1 aromatic heterocycles. The molecule has 0 N–H and O–H groups in total. The molecule has 9 heteroatoms. The molecule has 0 saturated carbocycles. The zero-order chi connectivity index (χ0) is 29.8. The molecule has 1 aliphatic heterocycles. The number of halogens is 1. The highest BCUT2D eigenvalue weighted by Crippen LogP contribution is 2.38. The first-order chi connectivity index (χ1) is 20.4. The molecule has 0 spiro atoms. The second kappa shape index (κ2) is 12.7. The lowest BCUT2D eigenvalue weighted by molar-refractivity contribution is -0.139. The van der Waals surface area contributed by atoms with E-state index in [-0.39, 0.29) is 18.8 Å². The van der Waals surface area contributed by atoms with Gasteiger partial charge in [0.05, 0.1) is 29.5 Å². The van der Waals surface area contributed by atoms with E-state index < -0.39 is 12.0 Å². The van der Waals surface area contributed by atoms with Gasteiger partial charge in [-0.1, -0.05) is 72.5 Å². The molecular weight excluding hydrogens is 572 g/mol. The monoisotopic (exact) mass is 600 g/mol. The molecule has 4 aromatic rings. The van der Waals surface area contributed by atoms with Gasteiger partial charge in [-0.05, 0) is 54.5 Å². The van der Waals surface area contributed by atoms with E-state index in [1.807, 2.05) is 43.3 Å². The topological polar surface area (TPSA) is 79.1 Å². The Labute approximate surface area is 252 Å². The fourth-order valence-corrected chi connectivity index (χ4v) is 6.32. The van der Waals surface area contributed by atoms with Gasteiger partial charge in [0.1, 0.15) is 24.1 Å². The lowest BCUT2D eigenvalue weighted by Gasteiger charge is -2.27. The number of methoxy groups -OCH3 is 1. The Morgan fingerprint density at radius 3 is 2.69 bits per heavy atom. The predicted molar refractivity (Wildman–Crippen MR) is 166 cm³/mol. The van der Waals surface area contributed by atoms with E-state index in [0.29, 0.717) is 49.1 Å². The van der Waals surface area contributed by atoms with Gasteiger partial charge < -0.3 is 14.2 Å². The highest BCUT2D eigenvalue weighted by molar-refractivity contribution is 7.07. The van der Waals surface area contributed by atoms with Gasteiger partial charge >= 0.3 is 5.97 Å². The van der Waals surface area contributed by atoms with Crippen molar-refractivity contribution in [3.8, 4) is 23.8 Å². The van der Waals surface area contributed by atoms with Crippen molar-refractivity contribution >= 4 is 45.8 Å². The number of aromatic nitrogens is 1. The van der Waals surface area contributed by atoms with Crippen LogP contribution in [0.4, 0.5) is 0 Å². The summed E-state index contributed by atoms with van der Waals surface area (Å²) in [6.45, 7) is 4.01. The number of ether oxygens (including phenoxy) is 3.